The largest absolute Gasteiger partial charge is 0.497 e. The Morgan fingerprint density at radius 1 is 1.50 bits per heavy atom. The normalized spacial score (nSPS) is 10.5. The molecule has 0 saturated heterocycles. The Morgan fingerprint density at radius 2 is 2.25 bits per heavy atom. The first-order valence-corrected chi connectivity index (χ1v) is 3.66. The number of halogens is 1. The summed E-state index contributed by atoms with van der Waals surface area (Å²) in [5, 5.41) is 11.7. The van der Waals surface area contributed by atoms with Crippen LogP contribution in [-0.4, -0.2) is 18.5 Å². The highest BCUT2D eigenvalue weighted by Crippen LogP contribution is 2.19. The van der Waals surface area contributed by atoms with Gasteiger partial charge in [-0.05, 0) is 18.2 Å². The van der Waals surface area contributed by atoms with Crippen molar-refractivity contribution in [2.24, 2.45) is 5.16 Å². The second-order valence-electron chi connectivity index (χ2n) is 2.17. The van der Waals surface area contributed by atoms with Gasteiger partial charge >= 0.3 is 0 Å². The molecule has 0 aliphatic carbocycles. The average molecular weight is 186 g/mol. The van der Waals surface area contributed by atoms with Crippen molar-refractivity contribution in [2.45, 2.75) is 0 Å². The lowest BCUT2D eigenvalue weighted by atomic mass is 10.2. The van der Waals surface area contributed by atoms with Crippen LogP contribution in [0.4, 0.5) is 0 Å². The lowest BCUT2D eigenvalue weighted by Crippen LogP contribution is -1.86. The number of hydrogen-bond donors (Lipinski definition) is 1. The van der Waals surface area contributed by atoms with Crippen LogP contribution in [0.15, 0.2) is 23.4 Å². The Labute approximate surface area is 75.2 Å². The van der Waals surface area contributed by atoms with Gasteiger partial charge in [-0.15, -0.1) is 0 Å². The van der Waals surface area contributed by atoms with Gasteiger partial charge in [-0.1, -0.05) is 16.8 Å². The van der Waals surface area contributed by atoms with Gasteiger partial charge in [0.25, 0.3) is 0 Å². The maximum atomic E-state index is 8.26. The van der Waals surface area contributed by atoms with Gasteiger partial charge < -0.3 is 9.94 Å². The third-order valence-corrected chi connectivity index (χ3v) is 1.55. The third kappa shape index (κ3) is 2.13. The second kappa shape index (κ2) is 3.97. The average Bonchev–Trinajstić information content (AvgIpc) is 2.04. The maximum Gasteiger partial charge on any atom is 0.121 e. The summed E-state index contributed by atoms with van der Waals surface area (Å²) in [6.45, 7) is 0. The summed E-state index contributed by atoms with van der Waals surface area (Å²) in [7, 11) is 1.55. The molecule has 64 valence electrons. The summed E-state index contributed by atoms with van der Waals surface area (Å²) >= 11 is 5.74. The topological polar surface area (TPSA) is 41.8 Å². The van der Waals surface area contributed by atoms with Gasteiger partial charge in [0, 0.05) is 10.6 Å². The molecule has 0 spiro atoms. The van der Waals surface area contributed by atoms with Crippen LogP contribution in [0.1, 0.15) is 5.56 Å². The lowest BCUT2D eigenvalue weighted by molar-refractivity contribution is 0.322. The van der Waals surface area contributed by atoms with Gasteiger partial charge in [0.15, 0.2) is 0 Å². The van der Waals surface area contributed by atoms with Crippen LogP contribution >= 0.6 is 11.6 Å². The number of oxime groups is 1. The first-order valence-electron chi connectivity index (χ1n) is 3.28. The molecule has 1 aromatic rings. The summed E-state index contributed by atoms with van der Waals surface area (Å²) in [4.78, 5) is 0. The molecule has 0 fully saturated rings. The molecule has 0 radical (unpaired) electrons. The summed E-state index contributed by atoms with van der Waals surface area (Å²) in [6.07, 6.45) is 1.29. The number of hydrogen-bond acceptors (Lipinski definition) is 3. The van der Waals surface area contributed by atoms with Crippen LogP contribution in [0.25, 0.3) is 0 Å². The molecule has 3 nitrogen and oxygen atoms in total. The van der Waals surface area contributed by atoms with Gasteiger partial charge in [-0.25, -0.2) is 0 Å². The first-order chi connectivity index (χ1) is 5.76. The van der Waals surface area contributed by atoms with Gasteiger partial charge in [-0.2, -0.15) is 0 Å². The first kappa shape index (κ1) is 8.87. The molecule has 12 heavy (non-hydrogen) atoms. The predicted molar refractivity (Wildman–Crippen MR) is 47.4 cm³/mol. The van der Waals surface area contributed by atoms with E-state index >= 15 is 0 Å². The maximum absolute atomic E-state index is 8.26. The summed E-state index contributed by atoms with van der Waals surface area (Å²) in [5.41, 5.74) is 0.696. The standard InChI is InChI=1S/C8H8ClNO2/c1-12-8-3-6(5-10-11)2-7(9)4-8/h2-5,11H,1H3/b10-5-. The molecule has 1 aromatic carbocycles. The Hall–Kier alpha value is -1.22. The molecular formula is C8H8ClNO2. The van der Waals surface area contributed by atoms with Gasteiger partial charge in [0.2, 0.25) is 0 Å². The van der Waals surface area contributed by atoms with E-state index in [1.54, 1.807) is 25.3 Å². The zero-order chi connectivity index (χ0) is 8.97. The highest BCUT2D eigenvalue weighted by Gasteiger charge is 1.96. The Morgan fingerprint density at radius 3 is 2.83 bits per heavy atom. The van der Waals surface area contributed by atoms with Crippen molar-refractivity contribution in [3.05, 3.63) is 28.8 Å². The van der Waals surface area contributed by atoms with E-state index in [4.69, 9.17) is 21.5 Å². The van der Waals surface area contributed by atoms with E-state index in [1.807, 2.05) is 0 Å². The number of methoxy groups -OCH3 is 1. The molecule has 0 unspecified atom stereocenters. The minimum absolute atomic E-state index is 0.546. The smallest absolute Gasteiger partial charge is 0.121 e. The zero-order valence-electron chi connectivity index (χ0n) is 6.49. The fourth-order valence-electron chi connectivity index (χ4n) is 0.843. The van der Waals surface area contributed by atoms with Crippen LogP contribution in [0.2, 0.25) is 5.02 Å². The molecule has 0 bridgehead atoms. The van der Waals surface area contributed by atoms with Crippen molar-refractivity contribution in [2.75, 3.05) is 7.11 Å². The Balaban J connectivity index is 3.06. The zero-order valence-corrected chi connectivity index (χ0v) is 7.25. The van der Waals surface area contributed by atoms with Crippen LogP contribution in [-0.2, 0) is 0 Å². The SMILES string of the molecule is COc1cc(Cl)cc(/C=N\O)c1. The van der Waals surface area contributed by atoms with Gasteiger partial charge in [0.05, 0.1) is 13.3 Å². The monoisotopic (exact) mass is 185 g/mol. The summed E-state index contributed by atoms with van der Waals surface area (Å²) in [6, 6.07) is 5.06. The number of nitrogens with zero attached hydrogens (tertiary/aromatic N) is 1. The van der Waals surface area contributed by atoms with Crippen LogP contribution in [0.5, 0.6) is 5.75 Å². The van der Waals surface area contributed by atoms with E-state index < -0.39 is 0 Å². The molecule has 0 aliphatic heterocycles. The van der Waals surface area contributed by atoms with E-state index in [9.17, 15) is 0 Å². The second-order valence-corrected chi connectivity index (χ2v) is 2.61. The van der Waals surface area contributed by atoms with Crippen molar-refractivity contribution in [3.8, 4) is 5.75 Å². The number of benzene rings is 1. The molecular weight excluding hydrogens is 178 g/mol. The fraction of sp³-hybridized carbons (Fsp3) is 0.125. The number of ether oxygens (including phenoxy) is 1. The summed E-state index contributed by atoms with van der Waals surface area (Å²) < 4.78 is 4.95. The third-order valence-electron chi connectivity index (χ3n) is 1.34. The van der Waals surface area contributed by atoms with Crippen molar-refractivity contribution in [1.82, 2.24) is 0 Å². The number of rotatable bonds is 2. The van der Waals surface area contributed by atoms with E-state index in [0.717, 1.165) is 0 Å². The van der Waals surface area contributed by atoms with Crippen molar-refractivity contribution in [3.63, 3.8) is 0 Å². The quantitative estimate of drug-likeness (QED) is 0.436. The molecule has 0 aliphatic rings. The van der Waals surface area contributed by atoms with E-state index in [1.165, 1.54) is 6.21 Å². The minimum atomic E-state index is 0.546. The van der Waals surface area contributed by atoms with Crippen LogP contribution in [0.3, 0.4) is 0 Å². The Kier molecular flexibility index (Phi) is 2.94. The van der Waals surface area contributed by atoms with E-state index in [0.29, 0.717) is 16.3 Å². The summed E-state index contributed by atoms with van der Waals surface area (Å²) in [5.74, 6) is 0.636. The van der Waals surface area contributed by atoms with Crippen LogP contribution < -0.4 is 4.74 Å². The van der Waals surface area contributed by atoms with E-state index in [2.05, 4.69) is 5.16 Å². The van der Waals surface area contributed by atoms with Gasteiger partial charge in [-0.3, -0.25) is 0 Å². The van der Waals surface area contributed by atoms with E-state index in [-0.39, 0.29) is 0 Å². The van der Waals surface area contributed by atoms with Crippen molar-refractivity contribution >= 4 is 17.8 Å². The fourth-order valence-corrected chi connectivity index (χ4v) is 1.08. The molecule has 0 atom stereocenters. The molecule has 1 rings (SSSR count). The highest BCUT2D eigenvalue weighted by molar-refractivity contribution is 6.31. The predicted octanol–water partition coefficient (Wildman–Crippen LogP) is 2.16. The molecule has 0 saturated carbocycles. The van der Waals surface area contributed by atoms with Crippen molar-refractivity contribution in [1.29, 1.82) is 0 Å². The molecule has 0 heterocycles. The molecule has 4 heteroatoms. The highest BCUT2D eigenvalue weighted by atomic mass is 35.5. The molecule has 1 N–H and O–H groups in total. The Bertz CT molecular complexity index is 299. The van der Waals surface area contributed by atoms with Crippen molar-refractivity contribution < 1.29 is 9.94 Å². The lowest BCUT2D eigenvalue weighted by Gasteiger charge is -2.00. The van der Waals surface area contributed by atoms with Gasteiger partial charge in [0.1, 0.15) is 5.75 Å². The molecule has 0 amide bonds. The molecule has 0 aromatic heterocycles. The van der Waals surface area contributed by atoms with Crippen LogP contribution in [0, 0.1) is 0 Å². The minimum Gasteiger partial charge on any atom is -0.497 e.